The van der Waals surface area contributed by atoms with Crippen molar-refractivity contribution >= 4 is 36.6 Å². The number of imidazole rings is 1. The minimum absolute atomic E-state index is 0.0372. The minimum Gasteiger partial charge on any atom is -0.459 e. The lowest BCUT2D eigenvalue weighted by atomic mass is 9.98. The number of esters is 1. The van der Waals surface area contributed by atoms with Gasteiger partial charge in [-0.2, -0.15) is 4.98 Å². The predicted octanol–water partition coefficient (Wildman–Crippen LogP) is -1.75. The van der Waals surface area contributed by atoms with Crippen LogP contribution in [-0.4, -0.2) is 76.1 Å². The Morgan fingerprint density at radius 3 is 2.58 bits per heavy atom. The van der Waals surface area contributed by atoms with Crippen molar-refractivity contribution in [3.05, 3.63) is 46.5 Å². The number of nitrogen functional groups attached to an aromatic ring is 2. The van der Waals surface area contributed by atoms with E-state index in [0.29, 0.717) is 0 Å². The summed E-state index contributed by atoms with van der Waals surface area (Å²) < 4.78 is 29.2. The molecule has 36 heavy (non-hydrogen) atoms. The Bertz CT molecular complexity index is 1400. The summed E-state index contributed by atoms with van der Waals surface area (Å²) in [6.45, 7) is -0.631. The Hall–Kier alpha value is -3.37. The zero-order chi connectivity index (χ0) is 26.4. The number of nitrogens with zero attached hydrogens (tertiary/aromatic N) is 4. The molecule has 1 aromatic carbocycles. The molecule has 1 fully saturated rings. The number of aromatic nitrogens is 4. The number of para-hydroxylation sites is 1. The van der Waals surface area contributed by atoms with Crippen LogP contribution in [0.3, 0.4) is 0 Å². The molecule has 17 heteroatoms. The van der Waals surface area contributed by atoms with Gasteiger partial charge in [0.1, 0.15) is 37.4 Å². The Balaban J connectivity index is 1.68. The van der Waals surface area contributed by atoms with Gasteiger partial charge in [0.15, 0.2) is 17.4 Å². The molecule has 8 N–H and O–H groups in total. The van der Waals surface area contributed by atoms with Crippen molar-refractivity contribution < 1.29 is 43.4 Å². The molecule has 16 nitrogen and oxygen atoms in total. The van der Waals surface area contributed by atoms with Crippen LogP contribution in [0.25, 0.3) is 11.2 Å². The molecule has 194 valence electrons. The number of aliphatic hydroxyl groups excluding tert-OH is 2. The number of benzene rings is 1. The van der Waals surface area contributed by atoms with Crippen LogP contribution in [-0.2, 0) is 25.6 Å². The Morgan fingerprint density at radius 2 is 1.92 bits per heavy atom. The summed E-state index contributed by atoms with van der Waals surface area (Å²) in [5, 5.41) is 21.5. The first-order valence-electron chi connectivity index (χ1n) is 10.3. The van der Waals surface area contributed by atoms with Crippen molar-refractivity contribution in [2.24, 2.45) is 7.05 Å². The third-order valence-corrected chi connectivity index (χ3v) is 6.12. The lowest BCUT2D eigenvalue weighted by Crippen LogP contribution is -2.57. The van der Waals surface area contributed by atoms with Crippen molar-refractivity contribution in [1.29, 1.82) is 0 Å². The van der Waals surface area contributed by atoms with Gasteiger partial charge in [-0.05, 0) is 12.1 Å². The summed E-state index contributed by atoms with van der Waals surface area (Å²) in [7, 11) is -3.87. The van der Waals surface area contributed by atoms with E-state index in [0.717, 1.165) is 15.5 Å². The molecule has 5 atom stereocenters. The lowest BCUT2D eigenvalue weighted by Gasteiger charge is -2.42. The van der Waals surface area contributed by atoms with Crippen molar-refractivity contribution in [3.63, 3.8) is 0 Å². The highest BCUT2D eigenvalue weighted by atomic mass is 31.2. The van der Waals surface area contributed by atoms with Gasteiger partial charge in [0.2, 0.25) is 5.95 Å². The van der Waals surface area contributed by atoms with Gasteiger partial charge in [-0.25, -0.2) is 14.3 Å². The summed E-state index contributed by atoms with van der Waals surface area (Å²) in [5.41, 5.74) is 10.7. The Morgan fingerprint density at radius 1 is 1.22 bits per heavy atom. The van der Waals surface area contributed by atoms with Crippen molar-refractivity contribution in [2.75, 3.05) is 18.1 Å². The number of hydrogen-bond donors (Lipinski definition) is 6. The molecule has 3 heterocycles. The number of anilines is 2. The smallest absolute Gasteiger partial charge is 0.459 e. The van der Waals surface area contributed by atoms with E-state index in [1.807, 2.05) is 0 Å². The Kier molecular flexibility index (Phi) is 6.85. The minimum atomic E-state index is -5.22. The monoisotopic (exact) mass is 526 g/mol. The fourth-order valence-electron chi connectivity index (χ4n) is 3.76. The first-order chi connectivity index (χ1) is 16.9. The second-order valence-electron chi connectivity index (χ2n) is 7.95. The molecule has 0 unspecified atom stereocenters. The topological polar surface area (TPSA) is 247 Å². The molecule has 3 aromatic rings. The summed E-state index contributed by atoms with van der Waals surface area (Å²) in [6, 6.07) is 6.05. The summed E-state index contributed by atoms with van der Waals surface area (Å²) in [4.78, 5) is 51.8. The van der Waals surface area contributed by atoms with E-state index in [1.165, 1.54) is 19.2 Å². The maximum Gasteiger partial charge on any atom is 0.470 e. The van der Waals surface area contributed by atoms with E-state index in [9.17, 15) is 34.2 Å². The molecule has 0 aliphatic carbocycles. The molecule has 1 saturated heterocycles. The summed E-state index contributed by atoms with van der Waals surface area (Å²) >= 11 is 0. The van der Waals surface area contributed by atoms with Gasteiger partial charge in [-0.3, -0.25) is 18.5 Å². The highest BCUT2D eigenvalue weighted by Crippen LogP contribution is 2.43. The van der Waals surface area contributed by atoms with E-state index in [4.69, 9.17) is 20.9 Å². The lowest BCUT2D eigenvalue weighted by molar-refractivity contribution is -0.246. The first kappa shape index (κ1) is 25.7. The molecule has 0 spiro atoms. The quantitative estimate of drug-likeness (QED) is 0.118. The maximum absolute atomic E-state index is 12.8. The molecular formula is C19H23N6O10P. The SMILES string of the molecule is Cn1c(N)nc2ncn([C@@H]3O[C@H](COC(=O)c4ccccc4N)[C@@H](O)[C@H](OP(=O)(O)O)[C@H]3O)c2c1=O. The van der Waals surface area contributed by atoms with Crippen LogP contribution in [0.1, 0.15) is 16.6 Å². The average Bonchev–Trinajstić information content (AvgIpc) is 3.22. The number of aliphatic hydroxyl groups is 2. The van der Waals surface area contributed by atoms with Crippen LogP contribution in [0.2, 0.25) is 0 Å². The molecule has 0 saturated carbocycles. The highest BCUT2D eigenvalue weighted by Gasteiger charge is 2.49. The van der Waals surface area contributed by atoms with E-state index in [1.54, 1.807) is 12.1 Å². The van der Waals surface area contributed by atoms with Gasteiger partial charge in [-0.1, -0.05) is 12.1 Å². The van der Waals surface area contributed by atoms with E-state index < -0.39 is 56.6 Å². The molecule has 0 bridgehead atoms. The molecule has 1 aliphatic heterocycles. The van der Waals surface area contributed by atoms with Crippen LogP contribution in [0.5, 0.6) is 0 Å². The second-order valence-corrected chi connectivity index (χ2v) is 9.14. The fraction of sp³-hybridized carbons (Fsp3) is 0.368. The van der Waals surface area contributed by atoms with Crippen LogP contribution in [0.15, 0.2) is 35.4 Å². The molecule has 0 radical (unpaired) electrons. The number of ether oxygens (including phenoxy) is 2. The van der Waals surface area contributed by atoms with Crippen LogP contribution < -0.4 is 17.0 Å². The first-order valence-corrected chi connectivity index (χ1v) is 11.9. The maximum atomic E-state index is 12.8. The summed E-state index contributed by atoms with van der Waals surface area (Å²) in [5.74, 6) is -0.994. The molecule has 4 rings (SSSR count). The van der Waals surface area contributed by atoms with Crippen molar-refractivity contribution in [1.82, 2.24) is 19.1 Å². The van der Waals surface area contributed by atoms with Gasteiger partial charge in [0.05, 0.1) is 5.56 Å². The van der Waals surface area contributed by atoms with E-state index in [2.05, 4.69) is 14.5 Å². The number of fused-ring (bicyclic) bond motifs is 1. The number of hydrogen-bond acceptors (Lipinski definition) is 12. The molecule has 1 aliphatic rings. The van der Waals surface area contributed by atoms with E-state index >= 15 is 0 Å². The highest BCUT2D eigenvalue weighted by molar-refractivity contribution is 7.46. The normalized spacial score (nSPS) is 24.6. The van der Waals surface area contributed by atoms with Crippen LogP contribution in [0.4, 0.5) is 11.6 Å². The van der Waals surface area contributed by atoms with Crippen LogP contribution >= 0.6 is 7.82 Å². The number of phosphoric ester groups is 1. The molecular weight excluding hydrogens is 503 g/mol. The number of carbonyl (C=O) groups is 1. The zero-order valence-electron chi connectivity index (χ0n) is 18.6. The standard InChI is InChI=1S/C19H23N6O10P/c1-24-16(28)11-15(23-19(24)21)22-7-25(11)17-13(27)14(35-36(30,31)32)12(26)10(34-17)6-33-18(29)8-4-2-3-5-9(8)20/h2-5,7,10,12-14,17,26-27H,6,20H2,1H3,(H2,21,23)(H2,30,31,32)/t10-,12-,13-,14+,17-/m1/s1. The van der Waals surface area contributed by atoms with E-state index in [-0.39, 0.29) is 28.4 Å². The third-order valence-electron chi connectivity index (χ3n) is 5.60. The number of carbonyl (C=O) groups excluding carboxylic acids is 1. The molecule has 0 amide bonds. The largest absolute Gasteiger partial charge is 0.470 e. The number of rotatable bonds is 6. The van der Waals surface area contributed by atoms with Crippen molar-refractivity contribution in [2.45, 2.75) is 30.6 Å². The Labute approximate surface area is 201 Å². The van der Waals surface area contributed by atoms with Crippen LogP contribution in [0, 0.1) is 0 Å². The average molecular weight is 526 g/mol. The summed E-state index contributed by atoms with van der Waals surface area (Å²) in [6.07, 6.45) is -7.64. The van der Waals surface area contributed by atoms with Gasteiger partial charge in [0.25, 0.3) is 5.56 Å². The number of phosphoric acid groups is 1. The van der Waals surface area contributed by atoms with Crippen molar-refractivity contribution in [3.8, 4) is 0 Å². The molecule has 2 aromatic heterocycles. The van der Waals surface area contributed by atoms with Gasteiger partial charge in [-0.15, -0.1) is 0 Å². The fourth-order valence-corrected chi connectivity index (χ4v) is 4.33. The predicted molar refractivity (Wildman–Crippen MR) is 121 cm³/mol. The number of nitrogens with two attached hydrogens (primary N) is 2. The van der Waals surface area contributed by atoms with Gasteiger partial charge in [0, 0.05) is 12.7 Å². The second kappa shape index (κ2) is 9.59. The van der Waals surface area contributed by atoms with Gasteiger partial charge < -0.3 is 40.9 Å². The zero-order valence-corrected chi connectivity index (χ0v) is 19.5. The third kappa shape index (κ3) is 4.83. The van der Waals surface area contributed by atoms with Gasteiger partial charge >= 0.3 is 13.8 Å².